The highest BCUT2D eigenvalue weighted by molar-refractivity contribution is 5.79. The number of nitrogens with one attached hydrogen (secondary N) is 2. The molecule has 1 heterocycles. The zero-order chi connectivity index (χ0) is 21.0. The number of hydrogen-bond acceptors (Lipinski definition) is 5. The summed E-state index contributed by atoms with van der Waals surface area (Å²) in [5, 5.41) is 26.1. The minimum Gasteiger partial charge on any atom is -0.389 e. The number of nitrogens with zero attached hydrogens (tertiary/aromatic N) is 1. The van der Waals surface area contributed by atoms with Crippen LogP contribution < -0.4 is 10.6 Å². The monoisotopic (exact) mass is 401 g/mol. The molecule has 1 saturated carbocycles. The summed E-state index contributed by atoms with van der Waals surface area (Å²) in [7, 11) is 0. The minimum atomic E-state index is -0.938. The van der Waals surface area contributed by atoms with Crippen LogP contribution in [0.2, 0.25) is 0 Å². The normalized spacial score (nSPS) is 20.4. The Morgan fingerprint density at radius 1 is 1.31 bits per heavy atom. The zero-order valence-electron chi connectivity index (χ0n) is 16.7. The molecule has 1 aromatic carbocycles. The van der Waals surface area contributed by atoms with E-state index in [0.717, 1.165) is 12.8 Å². The molecule has 0 bridgehead atoms. The maximum atomic E-state index is 13.4. The van der Waals surface area contributed by atoms with E-state index in [1.54, 1.807) is 44.3 Å². The van der Waals surface area contributed by atoms with Gasteiger partial charge in [0.05, 0.1) is 11.3 Å². The van der Waals surface area contributed by atoms with Crippen molar-refractivity contribution in [2.45, 2.75) is 51.0 Å². The van der Waals surface area contributed by atoms with Gasteiger partial charge in [0.2, 0.25) is 5.91 Å². The van der Waals surface area contributed by atoms with Crippen LogP contribution in [0.3, 0.4) is 0 Å². The lowest BCUT2D eigenvalue weighted by Crippen LogP contribution is -2.41. The summed E-state index contributed by atoms with van der Waals surface area (Å²) in [6.07, 6.45) is 2.82. The second-order valence-corrected chi connectivity index (χ2v) is 8.29. The van der Waals surface area contributed by atoms with Gasteiger partial charge in [-0.1, -0.05) is 18.2 Å². The number of carbonyl (C=O) groups is 1. The Kier molecular flexibility index (Phi) is 6.62. The second kappa shape index (κ2) is 8.98. The molecule has 1 aromatic heterocycles. The number of pyridine rings is 1. The van der Waals surface area contributed by atoms with Gasteiger partial charge in [-0.15, -0.1) is 0 Å². The Morgan fingerprint density at radius 3 is 2.76 bits per heavy atom. The third-order valence-electron chi connectivity index (χ3n) is 5.11. The van der Waals surface area contributed by atoms with Crippen molar-refractivity contribution in [2.24, 2.45) is 5.92 Å². The van der Waals surface area contributed by atoms with Gasteiger partial charge >= 0.3 is 0 Å². The van der Waals surface area contributed by atoms with Gasteiger partial charge in [0.15, 0.2) is 0 Å². The fourth-order valence-electron chi connectivity index (χ4n) is 3.52. The van der Waals surface area contributed by atoms with Crippen molar-refractivity contribution in [3.63, 3.8) is 0 Å². The number of rotatable bonds is 7. The van der Waals surface area contributed by atoms with Crippen LogP contribution in [-0.4, -0.2) is 39.3 Å². The molecule has 0 aliphatic heterocycles. The maximum absolute atomic E-state index is 13.4. The molecule has 1 amide bonds. The Morgan fingerprint density at radius 2 is 2.10 bits per heavy atom. The molecule has 3 atom stereocenters. The van der Waals surface area contributed by atoms with Crippen molar-refractivity contribution in [2.75, 3.05) is 6.54 Å². The zero-order valence-corrected chi connectivity index (χ0v) is 16.7. The summed E-state index contributed by atoms with van der Waals surface area (Å²) in [6, 6.07) is 9.73. The summed E-state index contributed by atoms with van der Waals surface area (Å²) in [5.74, 6) is -0.514. The van der Waals surface area contributed by atoms with Gasteiger partial charge in [-0.05, 0) is 51.3 Å². The van der Waals surface area contributed by atoms with Crippen LogP contribution in [0.1, 0.15) is 44.9 Å². The number of hydrogen-bond donors (Lipinski definition) is 4. The molecule has 3 rings (SSSR count). The number of halogens is 1. The first-order valence-corrected chi connectivity index (χ1v) is 9.87. The van der Waals surface area contributed by atoms with Crippen molar-refractivity contribution >= 4 is 5.91 Å². The summed E-state index contributed by atoms with van der Waals surface area (Å²) in [6.45, 7) is 3.51. The molecule has 1 aliphatic rings. The first kappa shape index (κ1) is 21.4. The number of aromatic nitrogens is 1. The van der Waals surface area contributed by atoms with E-state index in [1.165, 1.54) is 12.1 Å². The Bertz CT molecular complexity index is 836. The minimum absolute atomic E-state index is 0.0192. The van der Waals surface area contributed by atoms with Crippen molar-refractivity contribution in [1.29, 1.82) is 0 Å². The second-order valence-electron chi connectivity index (χ2n) is 8.29. The summed E-state index contributed by atoms with van der Waals surface area (Å²) in [5.41, 5.74) is 0.979. The molecule has 29 heavy (non-hydrogen) atoms. The third kappa shape index (κ3) is 6.06. The largest absolute Gasteiger partial charge is 0.389 e. The van der Waals surface area contributed by atoms with Crippen LogP contribution in [0.15, 0.2) is 42.6 Å². The van der Waals surface area contributed by atoms with Crippen LogP contribution in [0.4, 0.5) is 4.39 Å². The number of carbonyl (C=O) groups excluding carboxylic acids is 1. The van der Waals surface area contributed by atoms with E-state index < -0.39 is 11.8 Å². The molecule has 156 valence electrons. The fraction of sp³-hybridized carbons (Fsp3) is 0.455. The highest BCUT2D eigenvalue weighted by Gasteiger charge is 2.31. The fourth-order valence-corrected chi connectivity index (χ4v) is 3.52. The van der Waals surface area contributed by atoms with Crippen LogP contribution in [0, 0.1) is 11.7 Å². The first-order chi connectivity index (χ1) is 13.7. The maximum Gasteiger partial charge on any atom is 0.223 e. The summed E-state index contributed by atoms with van der Waals surface area (Å²) in [4.78, 5) is 16.6. The van der Waals surface area contributed by atoms with Gasteiger partial charge in [0.1, 0.15) is 12.0 Å². The molecule has 1 fully saturated rings. The predicted octanol–water partition coefficient (Wildman–Crippen LogP) is 2.52. The molecule has 6 nitrogen and oxygen atoms in total. The van der Waals surface area contributed by atoms with Crippen LogP contribution in [0.5, 0.6) is 0 Å². The Balaban J connectivity index is 1.53. The quantitative estimate of drug-likeness (QED) is 0.535. The van der Waals surface area contributed by atoms with E-state index in [9.17, 15) is 19.4 Å². The molecule has 1 unspecified atom stereocenters. The first-order valence-electron chi connectivity index (χ1n) is 9.87. The molecule has 0 radical (unpaired) electrons. The standard InChI is InChI=1S/C22H28FN3O3/c1-22(2,29)13-25-20(27)15-6-8-18(11-15)26-21(28)16-7-9-19(24-12-16)14-4-3-5-17(23)10-14/h3-5,7,9-10,12,15,18,21,26,28-29H,6,8,11,13H2,1-2H3,(H,25,27)/t15-,18+,21?/m1/s1. The summed E-state index contributed by atoms with van der Waals surface area (Å²) < 4.78 is 13.4. The van der Waals surface area contributed by atoms with Gasteiger partial charge in [0.25, 0.3) is 0 Å². The van der Waals surface area contributed by atoms with Gasteiger partial charge in [-0.25, -0.2) is 4.39 Å². The van der Waals surface area contributed by atoms with Crippen molar-refractivity contribution in [3.05, 3.63) is 54.0 Å². The average molecular weight is 401 g/mol. The van der Waals surface area contributed by atoms with E-state index in [2.05, 4.69) is 15.6 Å². The molecule has 0 saturated heterocycles. The number of amides is 1. The van der Waals surface area contributed by atoms with Crippen LogP contribution in [0.25, 0.3) is 11.3 Å². The van der Waals surface area contributed by atoms with E-state index in [0.29, 0.717) is 23.2 Å². The molecule has 7 heteroatoms. The van der Waals surface area contributed by atoms with E-state index in [1.807, 2.05) is 0 Å². The van der Waals surface area contributed by atoms with E-state index in [4.69, 9.17) is 0 Å². The van der Waals surface area contributed by atoms with Crippen LogP contribution in [-0.2, 0) is 4.79 Å². The lowest BCUT2D eigenvalue weighted by atomic mass is 10.1. The molecular formula is C22H28FN3O3. The molecule has 1 aliphatic carbocycles. The third-order valence-corrected chi connectivity index (χ3v) is 5.11. The SMILES string of the molecule is CC(C)(O)CNC(=O)[C@@H]1CC[C@H](NC(O)c2ccc(-c3cccc(F)c3)nc2)C1. The molecule has 4 N–H and O–H groups in total. The smallest absolute Gasteiger partial charge is 0.223 e. The molecular weight excluding hydrogens is 373 g/mol. The number of aliphatic hydroxyl groups excluding tert-OH is 1. The highest BCUT2D eigenvalue weighted by Crippen LogP contribution is 2.28. The van der Waals surface area contributed by atoms with Gasteiger partial charge < -0.3 is 15.5 Å². The van der Waals surface area contributed by atoms with E-state index in [-0.39, 0.29) is 30.2 Å². The number of benzene rings is 1. The van der Waals surface area contributed by atoms with Gasteiger partial charge in [-0.2, -0.15) is 0 Å². The number of aliphatic hydroxyl groups is 2. The lowest BCUT2D eigenvalue weighted by molar-refractivity contribution is -0.125. The van der Waals surface area contributed by atoms with Crippen molar-refractivity contribution in [3.8, 4) is 11.3 Å². The van der Waals surface area contributed by atoms with Gasteiger partial charge in [0, 0.05) is 35.8 Å². The lowest BCUT2D eigenvalue weighted by Gasteiger charge is -2.20. The Hall–Kier alpha value is -2.35. The van der Waals surface area contributed by atoms with Crippen molar-refractivity contribution in [1.82, 2.24) is 15.6 Å². The van der Waals surface area contributed by atoms with E-state index >= 15 is 0 Å². The van der Waals surface area contributed by atoms with Gasteiger partial charge in [-0.3, -0.25) is 15.1 Å². The highest BCUT2D eigenvalue weighted by atomic mass is 19.1. The van der Waals surface area contributed by atoms with Crippen molar-refractivity contribution < 1.29 is 19.4 Å². The molecule has 2 aromatic rings. The van der Waals surface area contributed by atoms with Crippen LogP contribution >= 0.6 is 0 Å². The predicted molar refractivity (Wildman–Crippen MR) is 108 cm³/mol. The molecule has 0 spiro atoms. The topological polar surface area (TPSA) is 94.5 Å². The average Bonchev–Trinajstić information content (AvgIpc) is 3.14. The summed E-state index contributed by atoms with van der Waals surface area (Å²) >= 11 is 0. The Labute approximate surface area is 170 Å².